The molecule has 0 aromatic carbocycles. The first-order chi connectivity index (χ1) is 6.20. The Morgan fingerprint density at radius 1 is 1.62 bits per heavy atom. The van der Waals surface area contributed by atoms with Gasteiger partial charge in [-0.15, -0.1) is 12.6 Å². The van der Waals surface area contributed by atoms with E-state index in [1.54, 1.807) is 11.5 Å². The topological polar surface area (TPSA) is 20.3 Å². The van der Waals surface area contributed by atoms with Crippen molar-refractivity contribution in [3.63, 3.8) is 0 Å². The molecule has 0 aromatic heterocycles. The van der Waals surface area contributed by atoms with Gasteiger partial charge in [0.1, 0.15) is 0 Å². The maximum absolute atomic E-state index is 10.8. The lowest BCUT2D eigenvalue weighted by Gasteiger charge is -1.97. The summed E-state index contributed by atoms with van der Waals surface area (Å²) in [6.07, 6.45) is 3.44. The highest BCUT2D eigenvalue weighted by atomic mass is 32.1. The Morgan fingerprint density at radius 2 is 2.23 bits per heavy atom. The zero-order valence-electron chi connectivity index (χ0n) is 7.90. The third-order valence-electron chi connectivity index (χ3n) is 2.16. The minimum atomic E-state index is -0.0155. The molecule has 0 spiro atoms. The summed E-state index contributed by atoms with van der Waals surface area (Å²) in [6, 6.07) is 0. The van der Waals surface area contributed by atoms with Gasteiger partial charge in [0.05, 0.1) is 13.1 Å². The van der Waals surface area contributed by atoms with Gasteiger partial charge in [-0.1, -0.05) is 11.2 Å². The van der Waals surface area contributed by atoms with Crippen molar-refractivity contribution in [1.82, 2.24) is 4.31 Å². The molecule has 0 N–H and O–H groups in total. The molecule has 0 bridgehead atoms. The van der Waals surface area contributed by atoms with E-state index in [0.29, 0.717) is 0 Å². The van der Waals surface area contributed by atoms with Gasteiger partial charge in [0.15, 0.2) is 10.5 Å². The van der Waals surface area contributed by atoms with E-state index >= 15 is 0 Å². The first-order valence-electron chi connectivity index (χ1n) is 4.66. The fourth-order valence-electron chi connectivity index (χ4n) is 1.19. The maximum atomic E-state index is 10.8. The molecule has 1 heterocycles. The third-order valence-corrected chi connectivity index (χ3v) is 3.61. The van der Waals surface area contributed by atoms with E-state index in [-0.39, 0.29) is 11.0 Å². The van der Waals surface area contributed by atoms with Crippen molar-refractivity contribution in [1.29, 1.82) is 0 Å². The molecule has 74 valence electrons. The zero-order valence-corrected chi connectivity index (χ0v) is 9.61. The molecule has 0 amide bonds. The summed E-state index contributed by atoms with van der Waals surface area (Å²) in [6.45, 7) is 4.28. The predicted molar refractivity (Wildman–Crippen MR) is 62.0 cm³/mol. The van der Waals surface area contributed by atoms with E-state index in [2.05, 4.69) is 22.3 Å². The molecule has 1 fully saturated rings. The summed E-state index contributed by atoms with van der Waals surface area (Å²) in [7, 11) is 0. The standard InChI is InChI=1S/C9H15NOS2/c1-8(9(11)12)4-7-13-10-5-2-3-6-10/h7-8H,2-6H2,1H3/p+1. The SMILES string of the molecule is CC(CC=[S+]N1CCCC1)C(=O)S. The van der Waals surface area contributed by atoms with Crippen molar-refractivity contribution in [2.75, 3.05) is 13.1 Å². The summed E-state index contributed by atoms with van der Waals surface area (Å²) >= 11 is 5.55. The predicted octanol–water partition coefficient (Wildman–Crippen LogP) is 1.36. The zero-order chi connectivity index (χ0) is 9.68. The lowest BCUT2D eigenvalue weighted by Crippen LogP contribution is -2.14. The molecule has 1 unspecified atom stereocenters. The smallest absolute Gasteiger partial charge is 0.287 e. The first kappa shape index (κ1) is 11.1. The Kier molecular flexibility index (Phi) is 4.91. The largest absolute Gasteiger partial charge is 0.290 e. The second kappa shape index (κ2) is 5.73. The van der Waals surface area contributed by atoms with Gasteiger partial charge in [-0.2, -0.15) is 0 Å². The highest BCUT2D eigenvalue weighted by Gasteiger charge is 2.19. The number of hydrogen-bond acceptors (Lipinski definition) is 2. The van der Waals surface area contributed by atoms with E-state index in [9.17, 15) is 4.79 Å². The summed E-state index contributed by atoms with van der Waals surface area (Å²) in [5.74, 6) is 0.0541. The van der Waals surface area contributed by atoms with Gasteiger partial charge in [0.25, 0.3) is 11.5 Å². The van der Waals surface area contributed by atoms with Gasteiger partial charge < -0.3 is 0 Å². The van der Waals surface area contributed by atoms with E-state index in [0.717, 1.165) is 6.42 Å². The molecule has 0 aromatic rings. The van der Waals surface area contributed by atoms with Crippen LogP contribution in [0.1, 0.15) is 26.2 Å². The van der Waals surface area contributed by atoms with Crippen LogP contribution in [0.25, 0.3) is 0 Å². The number of carbonyl (C=O) groups excluding carboxylic acids is 1. The van der Waals surface area contributed by atoms with Crippen molar-refractivity contribution >= 4 is 34.6 Å². The van der Waals surface area contributed by atoms with Gasteiger partial charge in [-0.25, -0.2) is 0 Å². The molecule has 0 radical (unpaired) electrons. The van der Waals surface area contributed by atoms with Crippen LogP contribution in [-0.2, 0) is 16.3 Å². The van der Waals surface area contributed by atoms with Gasteiger partial charge in [-0.05, 0) is 12.8 Å². The second-order valence-corrected chi connectivity index (χ2v) is 4.88. The molecule has 1 aliphatic heterocycles. The minimum Gasteiger partial charge on any atom is -0.287 e. The molecule has 1 aliphatic rings. The number of nitrogens with zero attached hydrogens (tertiary/aromatic N) is 1. The van der Waals surface area contributed by atoms with Crippen LogP contribution in [-0.4, -0.2) is 27.9 Å². The van der Waals surface area contributed by atoms with Crippen molar-refractivity contribution < 1.29 is 4.79 Å². The fraction of sp³-hybridized carbons (Fsp3) is 0.778. The number of hydrogen-bond donors (Lipinski definition) is 1. The van der Waals surface area contributed by atoms with Crippen LogP contribution < -0.4 is 0 Å². The number of carbonyl (C=O) groups is 1. The van der Waals surface area contributed by atoms with Crippen LogP contribution in [0, 0.1) is 5.92 Å². The highest BCUT2D eigenvalue weighted by Crippen LogP contribution is 2.07. The van der Waals surface area contributed by atoms with Gasteiger partial charge in [0.2, 0.25) is 0 Å². The quantitative estimate of drug-likeness (QED) is 0.333. The normalized spacial score (nSPS) is 21.1. The van der Waals surface area contributed by atoms with Crippen molar-refractivity contribution in [3.8, 4) is 0 Å². The van der Waals surface area contributed by atoms with E-state index in [1.807, 2.05) is 6.92 Å². The van der Waals surface area contributed by atoms with Crippen LogP contribution in [0.3, 0.4) is 0 Å². The third kappa shape index (κ3) is 4.20. The molecule has 0 saturated carbocycles. The Hall–Kier alpha value is 0.0700. The number of rotatable bonds is 4. The van der Waals surface area contributed by atoms with Crippen LogP contribution in [0.2, 0.25) is 0 Å². The lowest BCUT2D eigenvalue weighted by molar-refractivity contribution is -0.113. The van der Waals surface area contributed by atoms with Gasteiger partial charge >= 0.3 is 0 Å². The Labute approximate surface area is 89.2 Å². The molecule has 1 saturated heterocycles. The van der Waals surface area contributed by atoms with Crippen molar-refractivity contribution in [2.24, 2.45) is 5.92 Å². The van der Waals surface area contributed by atoms with Gasteiger partial charge in [0, 0.05) is 12.3 Å². The summed E-state index contributed by atoms with van der Waals surface area (Å²) < 4.78 is 2.34. The molecule has 1 atom stereocenters. The Morgan fingerprint density at radius 3 is 2.77 bits per heavy atom. The van der Waals surface area contributed by atoms with Crippen LogP contribution in [0.4, 0.5) is 0 Å². The number of thiol groups is 1. The summed E-state index contributed by atoms with van der Waals surface area (Å²) in [5, 5.41) is 2.10. The maximum Gasteiger partial charge on any atom is 0.290 e. The van der Waals surface area contributed by atoms with E-state index in [1.165, 1.54) is 25.9 Å². The van der Waals surface area contributed by atoms with E-state index in [4.69, 9.17) is 0 Å². The highest BCUT2D eigenvalue weighted by molar-refractivity contribution is 7.96. The molecular formula is C9H16NOS2+. The molecule has 13 heavy (non-hydrogen) atoms. The van der Waals surface area contributed by atoms with E-state index < -0.39 is 0 Å². The molecule has 4 heteroatoms. The summed E-state index contributed by atoms with van der Waals surface area (Å²) in [5.41, 5.74) is 0. The van der Waals surface area contributed by atoms with Crippen molar-refractivity contribution in [3.05, 3.63) is 0 Å². The van der Waals surface area contributed by atoms with Gasteiger partial charge in [-0.3, -0.25) is 4.79 Å². The van der Waals surface area contributed by atoms with Crippen molar-refractivity contribution in [2.45, 2.75) is 26.2 Å². The molecule has 0 aliphatic carbocycles. The molecular weight excluding hydrogens is 202 g/mol. The second-order valence-electron chi connectivity index (χ2n) is 3.38. The monoisotopic (exact) mass is 218 g/mol. The minimum absolute atomic E-state index is 0.0155. The molecule has 1 rings (SSSR count). The summed E-state index contributed by atoms with van der Waals surface area (Å²) in [4.78, 5) is 10.8. The fourth-order valence-corrected chi connectivity index (χ4v) is 2.35. The lowest BCUT2D eigenvalue weighted by atomic mass is 10.1. The Bertz CT molecular complexity index is 200. The first-order valence-corrected chi connectivity index (χ1v) is 5.94. The van der Waals surface area contributed by atoms with Crippen LogP contribution in [0.5, 0.6) is 0 Å². The van der Waals surface area contributed by atoms with Crippen LogP contribution in [0.15, 0.2) is 0 Å². The average Bonchev–Trinajstić information content (AvgIpc) is 2.56. The Balaban J connectivity index is 2.20. The van der Waals surface area contributed by atoms with Crippen LogP contribution >= 0.6 is 12.6 Å². The average molecular weight is 218 g/mol. The molecule has 2 nitrogen and oxygen atoms in total.